The van der Waals surface area contributed by atoms with Crippen LogP contribution in [0.1, 0.15) is 16.8 Å². The van der Waals surface area contributed by atoms with Crippen molar-refractivity contribution in [2.75, 3.05) is 18.5 Å². The molecule has 0 spiro atoms. The van der Waals surface area contributed by atoms with Crippen molar-refractivity contribution in [3.05, 3.63) is 29.8 Å². The summed E-state index contributed by atoms with van der Waals surface area (Å²) < 4.78 is 0. The fraction of sp³-hybridized carbons (Fsp3) is 0.250. The average Bonchev–Trinajstić information content (AvgIpc) is 2.39. The summed E-state index contributed by atoms with van der Waals surface area (Å²) in [6.45, 7) is 0.283. The molecule has 0 unspecified atom stereocenters. The molecule has 1 aromatic carbocycles. The largest absolute Gasteiger partial charge is 0.341 e. The van der Waals surface area contributed by atoms with E-state index in [9.17, 15) is 14.4 Å². The summed E-state index contributed by atoms with van der Waals surface area (Å²) in [5.74, 6) is 0. The maximum absolute atomic E-state index is 11.6. The molecule has 0 radical (unpaired) electrons. The Balaban J connectivity index is 2.98. The molecule has 0 bridgehead atoms. The SMILES string of the molecule is CNC(=O)N(CCC=O)c1cccc(C=O)c1. The molecule has 5 heteroatoms. The quantitative estimate of drug-likeness (QED) is 0.779. The Morgan fingerprint density at radius 3 is 2.76 bits per heavy atom. The molecule has 0 saturated heterocycles. The molecule has 0 saturated carbocycles. The zero-order valence-corrected chi connectivity index (χ0v) is 9.55. The predicted molar refractivity (Wildman–Crippen MR) is 64.3 cm³/mol. The van der Waals surface area contributed by atoms with Gasteiger partial charge in [0, 0.05) is 31.3 Å². The van der Waals surface area contributed by atoms with Gasteiger partial charge in [0.1, 0.15) is 12.6 Å². The van der Waals surface area contributed by atoms with Crippen LogP contribution in [0.3, 0.4) is 0 Å². The van der Waals surface area contributed by atoms with Crippen molar-refractivity contribution in [2.45, 2.75) is 6.42 Å². The minimum Gasteiger partial charge on any atom is -0.341 e. The Labute approximate surface area is 99.4 Å². The molecule has 0 aromatic heterocycles. The third-order valence-electron chi connectivity index (χ3n) is 2.25. The first-order chi connectivity index (χ1) is 8.22. The van der Waals surface area contributed by atoms with Gasteiger partial charge >= 0.3 is 6.03 Å². The summed E-state index contributed by atoms with van der Waals surface area (Å²) in [5.41, 5.74) is 1.08. The van der Waals surface area contributed by atoms with Gasteiger partial charge < -0.3 is 10.1 Å². The second-order valence-corrected chi connectivity index (χ2v) is 3.37. The molecule has 5 nitrogen and oxygen atoms in total. The van der Waals surface area contributed by atoms with Crippen LogP contribution in [0.2, 0.25) is 0 Å². The lowest BCUT2D eigenvalue weighted by Crippen LogP contribution is -2.39. The normalized spacial score (nSPS) is 9.47. The summed E-state index contributed by atoms with van der Waals surface area (Å²) in [6.07, 6.45) is 1.71. The second-order valence-electron chi connectivity index (χ2n) is 3.37. The Hall–Kier alpha value is -2.17. The van der Waals surface area contributed by atoms with Crippen molar-refractivity contribution in [1.29, 1.82) is 0 Å². The number of hydrogen-bond donors (Lipinski definition) is 1. The van der Waals surface area contributed by atoms with Gasteiger partial charge in [0.2, 0.25) is 0 Å². The summed E-state index contributed by atoms with van der Waals surface area (Å²) in [5, 5.41) is 2.49. The molecule has 0 heterocycles. The van der Waals surface area contributed by atoms with Crippen LogP contribution in [0.15, 0.2) is 24.3 Å². The van der Waals surface area contributed by atoms with E-state index in [1.807, 2.05) is 0 Å². The Kier molecular flexibility index (Phi) is 4.87. The average molecular weight is 234 g/mol. The van der Waals surface area contributed by atoms with Crippen molar-refractivity contribution in [3.63, 3.8) is 0 Å². The molecule has 90 valence electrons. The molecule has 17 heavy (non-hydrogen) atoms. The van der Waals surface area contributed by atoms with Crippen molar-refractivity contribution in [1.82, 2.24) is 5.32 Å². The first kappa shape index (κ1) is 12.9. The zero-order valence-electron chi connectivity index (χ0n) is 9.55. The van der Waals surface area contributed by atoms with Crippen molar-refractivity contribution >= 4 is 24.3 Å². The number of aldehydes is 2. The molecule has 2 amide bonds. The van der Waals surface area contributed by atoms with Gasteiger partial charge in [-0.1, -0.05) is 12.1 Å². The maximum atomic E-state index is 11.6. The van der Waals surface area contributed by atoms with E-state index in [-0.39, 0.29) is 19.0 Å². The van der Waals surface area contributed by atoms with Gasteiger partial charge in [0.25, 0.3) is 0 Å². The van der Waals surface area contributed by atoms with Gasteiger partial charge in [0.05, 0.1) is 0 Å². The molecule has 0 aliphatic heterocycles. The van der Waals surface area contributed by atoms with E-state index >= 15 is 0 Å². The van der Waals surface area contributed by atoms with E-state index in [1.54, 1.807) is 24.3 Å². The number of rotatable bonds is 5. The smallest absolute Gasteiger partial charge is 0.321 e. The highest BCUT2D eigenvalue weighted by Crippen LogP contribution is 2.15. The lowest BCUT2D eigenvalue weighted by Gasteiger charge is -2.21. The van der Waals surface area contributed by atoms with E-state index in [0.717, 1.165) is 6.29 Å². The molecular weight excluding hydrogens is 220 g/mol. The van der Waals surface area contributed by atoms with Crippen molar-refractivity contribution < 1.29 is 14.4 Å². The van der Waals surface area contributed by atoms with Crippen LogP contribution in [0.5, 0.6) is 0 Å². The van der Waals surface area contributed by atoms with Gasteiger partial charge in [-0.05, 0) is 12.1 Å². The fourth-order valence-corrected chi connectivity index (χ4v) is 1.43. The first-order valence-corrected chi connectivity index (χ1v) is 5.21. The van der Waals surface area contributed by atoms with Crippen LogP contribution in [0.25, 0.3) is 0 Å². The predicted octanol–water partition coefficient (Wildman–Crippen LogP) is 1.23. The first-order valence-electron chi connectivity index (χ1n) is 5.21. The molecule has 1 rings (SSSR count). The molecule has 0 aliphatic rings. The second kappa shape index (κ2) is 6.42. The lowest BCUT2D eigenvalue weighted by atomic mass is 10.2. The van der Waals surface area contributed by atoms with Crippen molar-refractivity contribution in [3.8, 4) is 0 Å². The Morgan fingerprint density at radius 1 is 1.41 bits per heavy atom. The maximum Gasteiger partial charge on any atom is 0.321 e. The summed E-state index contributed by atoms with van der Waals surface area (Å²) in [6, 6.07) is 6.35. The number of anilines is 1. The zero-order chi connectivity index (χ0) is 12.7. The minimum absolute atomic E-state index is 0.249. The van der Waals surface area contributed by atoms with Crippen LogP contribution >= 0.6 is 0 Å². The highest BCUT2D eigenvalue weighted by atomic mass is 16.2. The summed E-state index contributed by atoms with van der Waals surface area (Å²) in [4.78, 5) is 34.1. The Morgan fingerprint density at radius 2 is 2.18 bits per heavy atom. The van der Waals surface area contributed by atoms with Gasteiger partial charge in [-0.3, -0.25) is 9.69 Å². The van der Waals surface area contributed by atoms with Gasteiger partial charge in [0.15, 0.2) is 0 Å². The van der Waals surface area contributed by atoms with Crippen LogP contribution in [-0.4, -0.2) is 32.2 Å². The number of carbonyl (C=O) groups excluding carboxylic acids is 3. The number of amides is 2. The highest BCUT2D eigenvalue weighted by molar-refractivity contribution is 5.93. The lowest BCUT2D eigenvalue weighted by molar-refractivity contribution is -0.107. The summed E-state index contributed by atoms with van der Waals surface area (Å²) in [7, 11) is 1.51. The molecule has 1 aromatic rings. The van der Waals surface area contributed by atoms with Crippen LogP contribution in [0, 0.1) is 0 Å². The topological polar surface area (TPSA) is 66.5 Å². The van der Waals surface area contributed by atoms with E-state index < -0.39 is 0 Å². The number of hydrogen-bond acceptors (Lipinski definition) is 3. The number of benzene rings is 1. The monoisotopic (exact) mass is 234 g/mol. The highest BCUT2D eigenvalue weighted by Gasteiger charge is 2.13. The van der Waals surface area contributed by atoms with E-state index in [0.29, 0.717) is 17.5 Å². The molecule has 0 atom stereocenters. The molecular formula is C12H14N2O3. The minimum atomic E-state index is -0.310. The number of urea groups is 1. The summed E-state index contributed by atoms with van der Waals surface area (Å²) >= 11 is 0. The van der Waals surface area contributed by atoms with E-state index in [2.05, 4.69) is 5.32 Å². The standard InChI is InChI=1S/C12H14N2O3/c1-13-12(17)14(6-3-7-15)11-5-2-4-10(8-11)9-16/h2,4-5,7-9H,3,6H2,1H3,(H,13,17). The third kappa shape index (κ3) is 3.41. The van der Waals surface area contributed by atoms with Crippen LogP contribution in [-0.2, 0) is 4.79 Å². The van der Waals surface area contributed by atoms with Gasteiger partial charge in [-0.2, -0.15) is 0 Å². The van der Waals surface area contributed by atoms with Crippen molar-refractivity contribution in [2.24, 2.45) is 0 Å². The molecule has 0 aliphatic carbocycles. The van der Waals surface area contributed by atoms with E-state index in [4.69, 9.17) is 0 Å². The molecule has 1 N–H and O–H groups in total. The van der Waals surface area contributed by atoms with Gasteiger partial charge in [-0.25, -0.2) is 4.79 Å². The fourth-order valence-electron chi connectivity index (χ4n) is 1.43. The molecule has 0 fully saturated rings. The third-order valence-corrected chi connectivity index (χ3v) is 2.25. The van der Waals surface area contributed by atoms with Gasteiger partial charge in [-0.15, -0.1) is 0 Å². The number of nitrogens with one attached hydrogen (secondary N) is 1. The van der Waals surface area contributed by atoms with Crippen LogP contribution < -0.4 is 10.2 Å². The number of carbonyl (C=O) groups is 3. The van der Waals surface area contributed by atoms with E-state index in [1.165, 1.54) is 11.9 Å². The Bertz CT molecular complexity index is 418. The number of nitrogens with zero attached hydrogens (tertiary/aromatic N) is 1. The van der Waals surface area contributed by atoms with Crippen LogP contribution in [0.4, 0.5) is 10.5 Å².